The van der Waals surface area contributed by atoms with Gasteiger partial charge in [-0.15, -0.1) is 0 Å². The molecule has 2 fully saturated rings. The van der Waals surface area contributed by atoms with E-state index in [2.05, 4.69) is 11.9 Å². The molecule has 0 spiro atoms. The molecule has 2 aliphatic rings. The highest BCUT2D eigenvalue weighted by atomic mass is 16.4. The molecule has 2 atom stereocenters. The van der Waals surface area contributed by atoms with Gasteiger partial charge in [-0.25, -0.2) is 9.78 Å². The standard InChI is InChI=1S/C13H17NO3/c1-7-3-2-4-9(7)12-14-10(8-5-6-8)11(17-12)13(15)16/h7-9H,2-6H2,1H3,(H,15,16). The Labute approximate surface area is 100 Å². The van der Waals surface area contributed by atoms with Crippen LogP contribution in [-0.4, -0.2) is 16.1 Å². The van der Waals surface area contributed by atoms with Gasteiger partial charge >= 0.3 is 5.97 Å². The Hall–Kier alpha value is -1.32. The maximum atomic E-state index is 11.1. The molecule has 1 N–H and O–H groups in total. The molecule has 4 heteroatoms. The quantitative estimate of drug-likeness (QED) is 0.874. The van der Waals surface area contributed by atoms with Gasteiger partial charge in [0.25, 0.3) is 0 Å². The van der Waals surface area contributed by atoms with E-state index in [1.807, 2.05) is 0 Å². The molecule has 0 radical (unpaired) electrons. The first-order valence-corrected chi connectivity index (χ1v) is 6.40. The van der Waals surface area contributed by atoms with Crippen LogP contribution < -0.4 is 0 Å². The summed E-state index contributed by atoms with van der Waals surface area (Å²) in [5, 5.41) is 9.13. The monoisotopic (exact) mass is 235 g/mol. The molecule has 17 heavy (non-hydrogen) atoms. The lowest BCUT2D eigenvalue weighted by Gasteiger charge is -2.09. The van der Waals surface area contributed by atoms with Crippen molar-refractivity contribution in [3.8, 4) is 0 Å². The first kappa shape index (κ1) is 10.8. The highest BCUT2D eigenvalue weighted by Gasteiger charge is 2.36. The fourth-order valence-electron chi connectivity index (χ4n) is 2.81. The Balaban J connectivity index is 1.95. The number of hydrogen-bond acceptors (Lipinski definition) is 3. The van der Waals surface area contributed by atoms with Gasteiger partial charge in [0.15, 0.2) is 5.89 Å². The van der Waals surface area contributed by atoms with Gasteiger partial charge in [0, 0.05) is 11.8 Å². The topological polar surface area (TPSA) is 63.3 Å². The van der Waals surface area contributed by atoms with Gasteiger partial charge in [-0.1, -0.05) is 13.3 Å². The minimum absolute atomic E-state index is 0.0848. The predicted molar refractivity (Wildman–Crippen MR) is 61.2 cm³/mol. The Morgan fingerprint density at radius 2 is 2.12 bits per heavy atom. The van der Waals surface area contributed by atoms with Gasteiger partial charge in [0.05, 0.1) is 5.69 Å². The molecule has 2 saturated carbocycles. The predicted octanol–water partition coefficient (Wildman–Crippen LogP) is 3.15. The maximum absolute atomic E-state index is 11.1. The highest BCUT2D eigenvalue weighted by Crippen LogP contribution is 2.44. The van der Waals surface area contributed by atoms with Crippen molar-refractivity contribution in [1.29, 1.82) is 0 Å². The summed E-state index contributed by atoms with van der Waals surface area (Å²) in [6, 6.07) is 0. The molecule has 4 nitrogen and oxygen atoms in total. The summed E-state index contributed by atoms with van der Waals surface area (Å²) in [4.78, 5) is 15.6. The van der Waals surface area contributed by atoms with E-state index < -0.39 is 5.97 Å². The molecule has 0 amide bonds. The van der Waals surface area contributed by atoms with Crippen molar-refractivity contribution in [2.45, 2.75) is 50.9 Å². The van der Waals surface area contributed by atoms with Crippen LogP contribution in [0.25, 0.3) is 0 Å². The zero-order chi connectivity index (χ0) is 12.0. The van der Waals surface area contributed by atoms with Crippen molar-refractivity contribution in [2.24, 2.45) is 5.92 Å². The number of aromatic nitrogens is 1. The van der Waals surface area contributed by atoms with Crippen LogP contribution >= 0.6 is 0 Å². The van der Waals surface area contributed by atoms with Crippen LogP contribution in [0.3, 0.4) is 0 Å². The maximum Gasteiger partial charge on any atom is 0.373 e. The second-order valence-corrected chi connectivity index (χ2v) is 5.36. The lowest BCUT2D eigenvalue weighted by molar-refractivity contribution is 0.0657. The number of carboxylic acid groups (broad SMARTS) is 1. The molecule has 0 aliphatic heterocycles. The van der Waals surface area contributed by atoms with E-state index >= 15 is 0 Å². The summed E-state index contributed by atoms with van der Waals surface area (Å²) in [7, 11) is 0. The fraction of sp³-hybridized carbons (Fsp3) is 0.692. The number of oxazole rings is 1. The Morgan fingerprint density at radius 1 is 1.35 bits per heavy atom. The zero-order valence-corrected chi connectivity index (χ0v) is 9.98. The molecule has 0 bridgehead atoms. The summed E-state index contributed by atoms with van der Waals surface area (Å²) in [5.74, 6) is 0.977. The van der Waals surface area contributed by atoms with Gasteiger partial charge in [0.2, 0.25) is 5.76 Å². The zero-order valence-electron chi connectivity index (χ0n) is 9.98. The van der Waals surface area contributed by atoms with Gasteiger partial charge in [0.1, 0.15) is 0 Å². The number of rotatable bonds is 3. The molecule has 2 aliphatic carbocycles. The first-order valence-electron chi connectivity index (χ1n) is 6.40. The van der Waals surface area contributed by atoms with Crippen LogP contribution in [0.5, 0.6) is 0 Å². The summed E-state index contributed by atoms with van der Waals surface area (Å²) < 4.78 is 5.52. The first-order chi connectivity index (χ1) is 8.16. The van der Waals surface area contributed by atoms with Gasteiger partial charge in [-0.2, -0.15) is 0 Å². The molecular formula is C13H17NO3. The lowest BCUT2D eigenvalue weighted by Crippen LogP contribution is -2.02. The summed E-state index contributed by atoms with van der Waals surface area (Å²) in [5.41, 5.74) is 0.687. The van der Waals surface area contributed by atoms with Crippen molar-refractivity contribution in [2.75, 3.05) is 0 Å². The minimum Gasteiger partial charge on any atom is -0.475 e. The minimum atomic E-state index is -0.976. The Bertz CT molecular complexity index is 448. The third kappa shape index (κ3) is 1.85. The summed E-state index contributed by atoms with van der Waals surface area (Å²) >= 11 is 0. The van der Waals surface area contributed by atoms with Crippen LogP contribution in [0.2, 0.25) is 0 Å². The molecule has 3 rings (SSSR count). The SMILES string of the molecule is CC1CCCC1c1nc(C2CC2)c(C(=O)O)o1. The average molecular weight is 235 g/mol. The average Bonchev–Trinajstić information content (AvgIpc) is 2.88. The van der Waals surface area contributed by atoms with Crippen molar-refractivity contribution >= 4 is 5.97 Å². The second kappa shape index (κ2) is 3.86. The van der Waals surface area contributed by atoms with Crippen molar-refractivity contribution in [3.05, 3.63) is 17.3 Å². The number of carbonyl (C=O) groups is 1. The van der Waals surface area contributed by atoms with Gasteiger partial charge < -0.3 is 9.52 Å². The highest BCUT2D eigenvalue weighted by molar-refractivity contribution is 5.86. The van der Waals surface area contributed by atoms with E-state index in [4.69, 9.17) is 9.52 Å². The molecule has 1 aromatic heterocycles. The van der Waals surface area contributed by atoms with Crippen LogP contribution in [0.15, 0.2) is 4.42 Å². The van der Waals surface area contributed by atoms with Crippen LogP contribution in [0, 0.1) is 5.92 Å². The van der Waals surface area contributed by atoms with E-state index in [0.29, 0.717) is 29.3 Å². The molecule has 2 unspecified atom stereocenters. The molecule has 0 saturated heterocycles. The van der Waals surface area contributed by atoms with Crippen molar-refractivity contribution in [1.82, 2.24) is 4.98 Å². The Morgan fingerprint density at radius 3 is 2.65 bits per heavy atom. The number of nitrogens with zero attached hydrogens (tertiary/aromatic N) is 1. The second-order valence-electron chi connectivity index (χ2n) is 5.36. The molecule has 1 aromatic rings. The Kier molecular flexibility index (Phi) is 2.45. The normalized spacial score (nSPS) is 28.5. The third-order valence-electron chi connectivity index (χ3n) is 4.01. The lowest BCUT2D eigenvalue weighted by atomic mass is 9.98. The van der Waals surface area contributed by atoms with Crippen molar-refractivity contribution < 1.29 is 14.3 Å². The summed E-state index contributed by atoms with van der Waals surface area (Å²) in [6.07, 6.45) is 5.55. The summed E-state index contributed by atoms with van der Waals surface area (Å²) in [6.45, 7) is 2.19. The largest absolute Gasteiger partial charge is 0.475 e. The number of carboxylic acids is 1. The van der Waals surface area contributed by atoms with E-state index in [0.717, 1.165) is 19.3 Å². The van der Waals surface area contributed by atoms with Crippen LogP contribution in [0.1, 0.15) is 73.0 Å². The smallest absolute Gasteiger partial charge is 0.373 e. The van der Waals surface area contributed by atoms with Gasteiger partial charge in [-0.3, -0.25) is 0 Å². The van der Waals surface area contributed by atoms with E-state index in [1.54, 1.807) is 0 Å². The molecule has 0 aromatic carbocycles. The van der Waals surface area contributed by atoms with Gasteiger partial charge in [-0.05, 0) is 31.6 Å². The molecular weight excluding hydrogens is 218 g/mol. The van der Waals surface area contributed by atoms with E-state index in [-0.39, 0.29) is 5.76 Å². The van der Waals surface area contributed by atoms with Crippen molar-refractivity contribution in [3.63, 3.8) is 0 Å². The number of aromatic carboxylic acids is 1. The fourth-order valence-corrected chi connectivity index (χ4v) is 2.81. The van der Waals surface area contributed by atoms with E-state index in [1.165, 1.54) is 12.8 Å². The van der Waals surface area contributed by atoms with Crippen LogP contribution in [-0.2, 0) is 0 Å². The molecule has 92 valence electrons. The number of hydrogen-bond donors (Lipinski definition) is 1. The van der Waals surface area contributed by atoms with E-state index in [9.17, 15) is 4.79 Å². The van der Waals surface area contributed by atoms with Crippen LogP contribution in [0.4, 0.5) is 0 Å². The molecule has 1 heterocycles. The third-order valence-corrected chi connectivity index (χ3v) is 4.01.